The van der Waals surface area contributed by atoms with E-state index in [0.29, 0.717) is 18.9 Å². The van der Waals surface area contributed by atoms with E-state index >= 15 is 0 Å². The fraction of sp³-hybridized carbons (Fsp3) is 0.364. The van der Waals surface area contributed by atoms with Crippen LogP contribution < -0.4 is 20.4 Å². The number of nitro groups is 1. The maximum absolute atomic E-state index is 12.7. The highest BCUT2D eigenvalue weighted by atomic mass is 32.1. The van der Waals surface area contributed by atoms with Crippen LogP contribution in [0.25, 0.3) is 0 Å². The molecule has 2 aromatic carbocycles. The van der Waals surface area contributed by atoms with Gasteiger partial charge in [0.15, 0.2) is 5.11 Å². The van der Waals surface area contributed by atoms with Gasteiger partial charge in [-0.2, -0.15) is 0 Å². The van der Waals surface area contributed by atoms with E-state index in [9.17, 15) is 14.9 Å². The highest BCUT2D eigenvalue weighted by Crippen LogP contribution is 2.32. The third-order valence-corrected chi connectivity index (χ3v) is 5.82. The number of hydrogen-bond acceptors (Lipinski definition) is 7. The summed E-state index contributed by atoms with van der Waals surface area (Å²) in [6.45, 7) is 4.41. The van der Waals surface area contributed by atoms with Crippen molar-refractivity contribution in [2.24, 2.45) is 0 Å². The van der Waals surface area contributed by atoms with Crippen molar-refractivity contribution in [2.45, 2.75) is 12.8 Å². The maximum atomic E-state index is 12.7. The molecule has 0 aliphatic carbocycles. The molecule has 10 heteroatoms. The molecule has 2 heterocycles. The first-order valence-corrected chi connectivity index (χ1v) is 11.0. The van der Waals surface area contributed by atoms with Crippen molar-refractivity contribution >= 4 is 46.0 Å². The molecule has 0 bridgehead atoms. The topological polar surface area (TPSA) is 100.0 Å². The Kier molecular flexibility index (Phi) is 6.81. The average Bonchev–Trinajstić information content (AvgIpc) is 3.34. The number of hydrogen-bond donors (Lipinski definition) is 2. The molecule has 2 N–H and O–H groups in total. The van der Waals surface area contributed by atoms with E-state index < -0.39 is 10.8 Å². The van der Waals surface area contributed by atoms with Crippen molar-refractivity contribution in [3.63, 3.8) is 0 Å². The number of amides is 1. The zero-order chi connectivity index (χ0) is 22.5. The Labute approximate surface area is 191 Å². The molecule has 2 saturated heterocycles. The number of ether oxygens (including phenoxy) is 1. The van der Waals surface area contributed by atoms with Gasteiger partial charge in [0.05, 0.1) is 29.5 Å². The van der Waals surface area contributed by atoms with Gasteiger partial charge in [-0.25, -0.2) is 0 Å². The molecule has 0 unspecified atom stereocenters. The molecule has 0 saturated carbocycles. The molecule has 168 valence electrons. The van der Waals surface area contributed by atoms with Crippen molar-refractivity contribution in [3.8, 4) is 0 Å². The second-order valence-electron chi connectivity index (χ2n) is 7.68. The number of benzene rings is 2. The molecule has 0 aromatic heterocycles. The van der Waals surface area contributed by atoms with Gasteiger partial charge in [0.1, 0.15) is 5.69 Å². The zero-order valence-corrected chi connectivity index (χ0v) is 18.4. The molecule has 2 fully saturated rings. The lowest BCUT2D eigenvalue weighted by atomic mass is 10.1. The lowest BCUT2D eigenvalue weighted by Gasteiger charge is -2.30. The lowest BCUT2D eigenvalue weighted by Crippen LogP contribution is -2.38. The number of para-hydroxylation sites is 2. The number of nitrogens with zero attached hydrogens (tertiary/aromatic N) is 3. The van der Waals surface area contributed by atoms with Crippen LogP contribution in [0.5, 0.6) is 0 Å². The minimum absolute atomic E-state index is 0.0731. The quantitative estimate of drug-likeness (QED) is 0.403. The van der Waals surface area contributed by atoms with Crippen LogP contribution in [-0.4, -0.2) is 55.3 Å². The third kappa shape index (κ3) is 4.97. The highest BCUT2D eigenvalue weighted by molar-refractivity contribution is 7.80. The monoisotopic (exact) mass is 455 g/mol. The molecule has 2 aliphatic heterocycles. The molecule has 1 amide bonds. The Hall–Kier alpha value is -3.24. The largest absolute Gasteiger partial charge is 0.378 e. The minimum Gasteiger partial charge on any atom is -0.378 e. The van der Waals surface area contributed by atoms with Crippen LogP contribution in [0.15, 0.2) is 42.5 Å². The predicted octanol–water partition coefficient (Wildman–Crippen LogP) is 3.16. The number of thiocarbonyl (C=S) groups is 1. The van der Waals surface area contributed by atoms with Crippen molar-refractivity contribution in [1.29, 1.82) is 0 Å². The van der Waals surface area contributed by atoms with Crippen molar-refractivity contribution < 1.29 is 14.5 Å². The highest BCUT2D eigenvalue weighted by Gasteiger charge is 2.24. The van der Waals surface area contributed by atoms with Crippen LogP contribution in [0.4, 0.5) is 22.7 Å². The van der Waals surface area contributed by atoms with Crippen LogP contribution in [0, 0.1) is 10.1 Å². The lowest BCUT2D eigenvalue weighted by molar-refractivity contribution is -0.384. The van der Waals surface area contributed by atoms with Gasteiger partial charge >= 0.3 is 0 Å². The van der Waals surface area contributed by atoms with E-state index in [1.54, 1.807) is 12.1 Å². The minimum atomic E-state index is -0.498. The molecule has 0 spiro atoms. The second-order valence-corrected chi connectivity index (χ2v) is 8.09. The standard InChI is InChI=1S/C22H25N5O4S/c28-21(16-7-8-19(20(15-16)27(29)30)25-9-3-4-10-25)24-22(32)23-17-5-1-2-6-18(17)26-11-13-31-14-12-26/h1-2,5-8,15H,3-4,9-14H2,(H2,23,24,28,32). The SMILES string of the molecule is O=C(NC(=S)Nc1ccccc1N1CCOCC1)c1ccc(N2CCCC2)c([N+](=O)[O-])c1. The molecule has 0 radical (unpaired) electrons. The predicted molar refractivity (Wildman–Crippen MR) is 128 cm³/mol. The Balaban J connectivity index is 1.46. The van der Waals surface area contributed by atoms with Gasteiger partial charge in [0.25, 0.3) is 11.6 Å². The zero-order valence-electron chi connectivity index (χ0n) is 17.6. The van der Waals surface area contributed by atoms with Crippen LogP contribution in [0.3, 0.4) is 0 Å². The Bertz CT molecular complexity index is 1020. The molecule has 4 rings (SSSR count). The smallest absolute Gasteiger partial charge is 0.293 e. The molecule has 32 heavy (non-hydrogen) atoms. The first-order chi connectivity index (χ1) is 15.5. The van der Waals surface area contributed by atoms with E-state index in [1.165, 1.54) is 6.07 Å². The van der Waals surface area contributed by atoms with E-state index in [-0.39, 0.29) is 16.4 Å². The van der Waals surface area contributed by atoms with Gasteiger partial charge in [-0.1, -0.05) is 12.1 Å². The third-order valence-electron chi connectivity index (χ3n) is 5.61. The van der Waals surface area contributed by atoms with Gasteiger partial charge in [-0.3, -0.25) is 20.2 Å². The molecule has 2 aromatic rings. The van der Waals surface area contributed by atoms with E-state index in [1.807, 2.05) is 29.2 Å². The summed E-state index contributed by atoms with van der Waals surface area (Å²) in [7, 11) is 0. The van der Waals surface area contributed by atoms with Gasteiger partial charge in [0, 0.05) is 37.8 Å². The first kappa shape index (κ1) is 22.0. The fourth-order valence-corrected chi connectivity index (χ4v) is 4.23. The fourth-order valence-electron chi connectivity index (χ4n) is 4.02. The normalized spacial score (nSPS) is 16.0. The van der Waals surface area contributed by atoms with Crippen molar-refractivity contribution in [1.82, 2.24) is 5.32 Å². The van der Waals surface area contributed by atoms with Crippen LogP contribution >= 0.6 is 12.2 Å². The number of morpholine rings is 1. The van der Waals surface area contributed by atoms with Crippen molar-refractivity contribution in [3.05, 3.63) is 58.1 Å². The number of carbonyl (C=O) groups excluding carboxylic acids is 1. The van der Waals surface area contributed by atoms with Crippen molar-refractivity contribution in [2.75, 3.05) is 54.5 Å². The van der Waals surface area contributed by atoms with Crippen LogP contribution in [0.2, 0.25) is 0 Å². The number of rotatable bonds is 5. The summed E-state index contributed by atoms with van der Waals surface area (Å²) in [6, 6.07) is 12.3. The number of nitrogens with one attached hydrogen (secondary N) is 2. The first-order valence-electron chi connectivity index (χ1n) is 10.6. The summed E-state index contributed by atoms with van der Waals surface area (Å²) in [5.41, 5.74) is 2.40. The summed E-state index contributed by atoms with van der Waals surface area (Å²) < 4.78 is 5.42. The summed E-state index contributed by atoms with van der Waals surface area (Å²) in [5, 5.41) is 17.4. The van der Waals surface area contributed by atoms with Gasteiger partial charge in [-0.15, -0.1) is 0 Å². The van der Waals surface area contributed by atoms with E-state index in [2.05, 4.69) is 15.5 Å². The Morgan fingerprint density at radius 2 is 1.69 bits per heavy atom. The molecule has 0 atom stereocenters. The summed E-state index contributed by atoms with van der Waals surface area (Å²) in [6.07, 6.45) is 2.01. The summed E-state index contributed by atoms with van der Waals surface area (Å²) in [4.78, 5) is 28.1. The van der Waals surface area contributed by atoms with Gasteiger partial charge < -0.3 is 19.9 Å². The molecule has 9 nitrogen and oxygen atoms in total. The average molecular weight is 456 g/mol. The number of carbonyl (C=O) groups is 1. The van der Waals surface area contributed by atoms with Crippen LogP contribution in [0.1, 0.15) is 23.2 Å². The second kappa shape index (κ2) is 9.92. The van der Waals surface area contributed by atoms with Crippen LogP contribution in [-0.2, 0) is 4.74 Å². The maximum Gasteiger partial charge on any atom is 0.293 e. The Morgan fingerprint density at radius 3 is 2.41 bits per heavy atom. The van der Waals surface area contributed by atoms with Gasteiger partial charge in [-0.05, 0) is 49.3 Å². The molecule has 2 aliphatic rings. The Morgan fingerprint density at radius 1 is 1.00 bits per heavy atom. The van der Waals surface area contributed by atoms with E-state index in [4.69, 9.17) is 17.0 Å². The summed E-state index contributed by atoms with van der Waals surface area (Å²) in [5.74, 6) is -0.498. The number of anilines is 3. The van der Waals surface area contributed by atoms with E-state index in [0.717, 1.165) is 50.4 Å². The number of nitro benzene ring substituents is 1. The van der Waals surface area contributed by atoms with Gasteiger partial charge in [0.2, 0.25) is 0 Å². The molecular weight excluding hydrogens is 430 g/mol. The summed E-state index contributed by atoms with van der Waals surface area (Å²) >= 11 is 5.34. The molecular formula is C22H25N5O4S.